The smallest absolute Gasteiger partial charge is 0.191 e. The van der Waals surface area contributed by atoms with Crippen LogP contribution in [0.1, 0.15) is 25.3 Å². The van der Waals surface area contributed by atoms with Crippen LogP contribution in [-0.4, -0.2) is 39.9 Å². The number of nitrogens with one attached hydrogen (secondary N) is 2. The highest BCUT2D eigenvalue weighted by Gasteiger charge is 2.02. The summed E-state index contributed by atoms with van der Waals surface area (Å²) in [4.78, 5) is 4.21. The zero-order valence-electron chi connectivity index (χ0n) is 13.7. The highest BCUT2D eigenvalue weighted by molar-refractivity contribution is 14.0. The number of nitrogens with zero attached hydrogens (tertiary/aromatic N) is 1. The van der Waals surface area contributed by atoms with Crippen LogP contribution in [0.4, 0.5) is 0 Å². The Morgan fingerprint density at radius 1 is 1.18 bits per heavy atom. The Hall–Kier alpha value is -1.02. The molecule has 0 saturated carbocycles. The van der Waals surface area contributed by atoms with Gasteiger partial charge in [-0.25, -0.2) is 0 Å². The topological polar surface area (TPSA) is 54.9 Å². The van der Waals surface area contributed by atoms with Crippen LogP contribution < -0.4 is 15.4 Å². The number of rotatable bonds is 9. The maximum atomic E-state index is 5.33. The first kappa shape index (κ1) is 21.0. The molecule has 0 aromatic heterocycles. The van der Waals surface area contributed by atoms with Crippen LogP contribution in [0, 0.1) is 0 Å². The monoisotopic (exact) mass is 421 g/mol. The van der Waals surface area contributed by atoms with E-state index in [2.05, 4.69) is 15.6 Å². The summed E-state index contributed by atoms with van der Waals surface area (Å²) >= 11 is 0. The van der Waals surface area contributed by atoms with Gasteiger partial charge in [0.1, 0.15) is 5.75 Å². The lowest BCUT2D eigenvalue weighted by Crippen LogP contribution is -2.37. The minimum atomic E-state index is 0. The van der Waals surface area contributed by atoms with Crippen molar-refractivity contribution >= 4 is 29.9 Å². The molecule has 6 heteroatoms. The van der Waals surface area contributed by atoms with Crippen molar-refractivity contribution in [2.75, 3.05) is 33.9 Å². The minimum Gasteiger partial charge on any atom is -0.496 e. The van der Waals surface area contributed by atoms with Gasteiger partial charge in [-0.15, -0.1) is 24.0 Å². The molecule has 0 spiro atoms. The fourth-order valence-electron chi connectivity index (χ4n) is 1.93. The van der Waals surface area contributed by atoms with Crippen molar-refractivity contribution < 1.29 is 9.47 Å². The number of benzene rings is 1. The van der Waals surface area contributed by atoms with Crippen LogP contribution >= 0.6 is 24.0 Å². The van der Waals surface area contributed by atoms with Gasteiger partial charge in [0.05, 0.1) is 7.11 Å². The lowest BCUT2D eigenvalue weighted by molar-refractivity contribution is 0.143. The maximum Gasteiger partial charge on any atom is 0.191 e. The Bertz CT molecular complexity index is 428. The molecule has 0 heterocycles. The van der Waals surface area contributed by atoms with Crippen LogP contribution in [-0.2, 0) is 11.3 Å². The third-order valence-electron chi connectivity index (χ3n) is 3.07. The fourth-order valence-corrected chi connectivity index (χ4v) is 1.93. The van der Waals surface area contributed by atoms with Crippen molar-refractivity contribution in [1.82, 2.24) is 10.6 Å². The van der Waals surface area contributed by atoms with Gasteiger partial charge in [0, 0.05) is 38.9 Å². The molecule has 0 fully saturated rings. The second-order valence-corrected chi connectivity index (χ2v) is 4.57. The summed E-state index contributed by atoms with van der Waals surface area (Å²) in [5.41, 5.74) is 1.11. The van der Waals surface area contributed by atoms with E-state index in [4.69, 9.17) is 9.47 Å². The molecule has 1 aromatic rings. The molecule has 0 amide bonds. The molecule has 1 rings (SSSR count). The molecule has 0 aliphatic rings. The minimum absolute atomic E-state index is 0. The number of unbranched alkanes of at least 4 members (excludes halogenated alkanes) is 1. The van der Waals surface area contributed by atoms with Crippen molar-refractivity contribution in [2.45, 2.75) is 26.3 Å². The summed E-state index contributed by atoms with van der Waals surface area (Å²) in [6, 6.07) is 7.97. The number of ether oxygens (including phenoxy) is 2. The summed E-state index contributed by atoms with van der Waals surface area (Å²) in [6.07, 6.45) is 2.12. The predicted molar refractivity (Wildman–Crippen MR) is 102 cm³/mol. The number of guanidine groups is 1. The van der Waals surface area contributed by atoms with Gasteiger partial charge in [0.2, 0.25) is 0 Å². The molecule has 0 atom stereocenters. The quantitative estimate of drug-likeness (QED) is 0.279. The Kier molecular flexibility index (Phi) is 13.0. The number of methoxy groups -OCH3 is 1. The van der Waals surface area contributed by atoms with Crippen molar-refractivity contribution in [1.29, 1.82) is 0 Å². The van der Waals surface area contributed by atoms with Gasteiger partial charge in [-0.05, 0) is 25.8 Å². The van der Waals surface area contributed by atoms with E-state index >= 15 is 0 Å². The lowest BCUT2D eigenvalue weighted by Gasteiger charge is -2.13. The second-order valence-electron chi connectivity index (χ2n) is 4.57. The number of halogens is 1. The Morgan fingerprint density at radius 2 is 1.95 bits per heavy atom. The van der Waals surface area contributed by atoms with Crippen LogP contribution in [0.3, 0.4) is 0 Å². The van der Waals surface area contributed by atoms with E-state index in [0.717, 1.165) is 49.9 Å². The molecular weight excluding hydrogens is 393 g/mol. The molecule has 0 saturated heterocycles. The zero-order valence-corrected chi connectivity index (χ0v) is 16.1. The Morgan fingerprint density at radius 3 is 2.64 bits per heavy atom. The molecule has 0 aliphatic heterocycles. The lowest BCUT2D eigenvalue weighted by atomic mass is 10.2. The van der Waals surface area contributed by atoms with Gasteiger partial charge in [0.25, 0.3) is 0 Å². The first-order valence-corrected chi connectivity index (χ1v) is 7.46. The zero-order chi connectivity index (χ0) is 15.3. The molecule has 2 N–H and O–H groups in total. The molecule has 5 nitrogen and oxygen atoms in total. The maximum absolute atomic E-state index is 5.33. The van der Waals surface area contributed by atoms with Crippen LogP contribution in [0.5, 0.6) is 5.75 Å². The Balaban J connectivity index is 0.00000441. The SMILES string of the molecule is CCOCCCCNC(=NC)NCc1ccccc1OC.I. The third-order valence-corrected chi connectivity index (χ3v) is 3.07. The summed E-state index contributed by atoms with van der Waals surface area (Å²) in [6.45, 7) is 5.20. The summed E-state index contributed by atoms with van der Waals surface area (Å²) in [7, 11) is 3.46. The van der Waals surface area contributed by atoms with Crippen LogP contribution in [0.2, 0.25) is 0 Å². The van der Waals surface area contributed by atoms with Gasteiger partial charge in [0.15, 0.2) is 5.96 Å². The number of para-hydroxylation sites is 1. The van der Waals surface area contributed by atoms with E-state index in [9.17, 15) is 0 Å². The van der Waals surface area contributed by atoms with E-state index in [-0.39, 0.29) is 24.0 Å². The van der Waals surface area contributed by atoms with Gasteiger partial charge in [-0.3, -0.25) is 4.99 Å². The van der Waals surface area contributed by atoms with E-state index in [1.54, 1.807) is 14.2 Å². The summed E-state index contributed by atoms with van der Waals surface area (Å²) in [5.74, 6) is 1.69. The number of hydrogen-bond acceptors (Lipinski definition) is 3. The highest BCUT2D eigenvalue weighted by Crippen LogP contribution is 2.16. The third kappa shape index (κ3) is 8.43. The predicted octanol–water partition coefficient (Wildman–Crippen LogP) is 2.79. The largest absolute Gasteiger partial charge is 0.496 e. The van der Waals surface area contributed by atoms with Gasteiger partial charge in [-0.1, -0.05) is 18.2 Å². The molecule has 0 radical (unpaired) electrons. The molecule has 0 aliphatic carbocycles. The van der Waals surface area contributed by atoms with E-state index in [1.807, 2.05) is 31.2 Å². The molecule has 1 aromatic carbocycles. The Labute approximate surface area is 150 Å². The van der Waals surface area contributed by atoms with Gasteiger partial charge in [-0.2, -0.15) is 0 Å². The standard InChI is InChI=1S/C16H27N3O2.HI/c1-4-21-12-8-7-11-18-16(17-2)19-13-14-9-5-6-10-15(14)20-3;/h5-6,9-10H,4,7-8,11-13H2,1-3H3,(H2,17,18,19);1H. The van der Waals surface area contributed by atoms with Crippen molar-refractivity contribution in [2.24, 2.45) is 4.99 Å². The molecule has 126 valence electrons. The number of hydrogen-bond donors (Lipinski definition) is 2. The van der Waals surface area contributed by atoms with Gasteiger partial charge >= 0.3 is 0 Å². The van der Waals surface area contributed by atoms with Crippen molar-refractivity contribution in [3.05, 3.63) is 29.8 Å². The average Bonchev–Trinajstić information content (AvgIpc) is 2.53. The second kappa shape index (κ2) is 13.6. The molecule has 0 unspecified atom stereocenters. The van der Waals surface area contributed by atoms with E-state index in [0.29, 0.717) is 6.54 Å². The molecule has 22 heavy (non-hydrogen) atoms. The van der Waals surface area contributed by atoms with Crippen LogP contribution in [0.25, 0.3) is 0 Å². The van der Waals surface area contributed by atoms with Crippen molar-refractivity contribution in [3.8, 4) is 5.75 Å². The first-order valence-electron chi connectivity index (χ1n) is 7.46. The average molecular weight is 421 g/mol. The van der Waals surface area contributed by atoms with E-state index < -0.39 is 0 Å². The van der Waals surface area contributed by atoms with Gasteiger partial charge < -0.3 is 20.1 Å². The summed E-state index contributed by atoms with van der Waals surface area (Å²) in [5, 5.41) is 6.59. The molecule has 0 bridgehead atoms. The van der Waals surface area contributed by atoms with E-state index in [1.165, 1.54) is 0 Å². The summed E-state index contributed by atoms with van der Waals surface area (Å²) < 4.78 is 10.6. The fraction of sp³-hybridized carbons (Fsp3) is 0.562. The number of aliphatic imine (C=N–C) groups is 1. The normalized spacial score (nSPS) is 10.8. The highest BCUT2D eigenvalue weighted by atomic mass is 127. The molecular formula is C16H28IN3O2. The van der Waals surface area contributed by atoms with Crippen molar-refractivity contribution in [3.63, 3.8) is 0 Å². The van der Waals surface area contributed by atoms with Crippen LogP contribution in [0.15, 0.2) is 29.3 Å². The first-order chi connectivity index (χ1) is 10.3.